The molecule has 2 unspecified atom stereocenters. The molecule has 0 aliphatic heterocycles. The number of benzene rings is 3. The molecule has 2 atom stereocenters. The molecule has 0 saturated carbocycles. The third kappa shape index (κ3) is 5.05. The number of rotatable bonds is 9. The summed E-state index contributed by atoms with van der Waals surface area (Å²) < 4.78 is 64.8. The Labute approximate surface area is 222 Å². The van der Waals surface area contributed by atoms with E-state index in [9.17, 15) is 22.3 Å². The molecular weight excluding hydrogens is 530 g/mol. The predicted molar refractivity (Wildman–Crippen MR) is 139 cm³/mol. The number of fused-ring (bicyclic) bond motifs is 1. The van der Waals surface area contributed by atoms with Gasteiger partial charge in [-0.15, -0.1) is 0 Å². The monoisotopic (exact) mass is 554 g/mol. The van der Waals surface area contributed by atoms with Crippen LogP contribution in [0.5, 0.6) is 5.75 Å². The highest BCUT2D eigenvalue weighted by atomic mass is 32.2. The number of halogens is 2. The summed E-state index contributed by atoms with van der Waals surface area (Å²) in [4.78, 5) is 3.94. The van der Waals surface area contributed by atoms with Crippen LogP contribution in [0.4, 0.5) is 14.5 Å². The van der Waals surface area contributed by atoms with Crippen molar-refractivity contribution in [1.29, 1.82) is 0 Å². The maximum absolute atomic E-state index is 14.9. The van der Waals surface area contributed by atoms with Crippen molar-refractivity contribution in [3.05, 3.63) is 96.7 Å². The van der Waals surface area contributed by atoms with Crippen molar-refractivity contribution in [3.63, 3.8) is 0 Å². The minimum atomic E-state index is -3.87. The van der Waals surface area contributed by atoms with E-state index in [1.807, 2.05) is 0 Å². The van der Waals surface area contributed by atoms with Gasteiger partial charge in [0.25, 0.3) is 10.0 Å². The largest absolute Gasteiger partial charge is 0.497 e. The Bertz CT molecular complexity index is 1730. The quantitative estimate of drug-likeness (QED) is 0.284. The van der Waals surface area contributed by atoms with Crippen LogP contribution in [0, 0.1) is 11.6 Å². The van der Waals surface area contributed by atoms with Gasteiger partial charge in [0.05, 0.1) is 36.3 Å². The van der Waals surface area contributed by atoms with Gasteiger partial charge in [-0.2, -0.15) is 10.2 Å². The molecule has 202 valence electrons. The number of aromatic nitrogens is 5. The maximum Gasteiger partial charge on any atom is 0.261 e. The second-order valence-corrected chi connectivity index (χ2v) is 10.6. The fraction of sp³-hybridized carbons (Fsp3) is 0.192. The zero-order valence-corrected chi connectivity index (χ0v) is 21.7. The highest BCUT2D eigenvalue weighted by Gasteiger charge is 2.41. The van der Waals surface area contributed by atoms with Crippen LogP contribution in [0.25, 0.3) is 10.9 Å². The molecule has 2 heterocycles. The van der Waals surface area contributed by atoms with Gasteiger partial charge in [-0.3, -0.25) is 9.40 Å². The molecular formula is C26H24F2N6O4S. The van der Waals surface area contributed by atoms with Crippen molar-refractivity contribution >= 4 is 26.6 Å². The van der Waals surface area contributed by atoms with Gasteiger partial charge in [-0.1, -0.05) is 6.07 Å². The normalized spacial score (nSPS) is 14.2. The van der Waals surface area contributed by atoms with Crippen molar-refractivity contribution in [3.8, 4) is 5.75 Å². The molecule has 10 nitrogen and oxygen atoms in total. The summed E-state index contributed by atoms with van der Waals surface area (Å²) in [6, 6.07) is 12.9. The zero-order chi connectivity index (χ0) is 27.8. The molecule has 3 aromatic carbocycles. The zero-order valence-electron chi connectivity index (χ0n) is 20.9. The van der Waals surface area contributed by atoms with Gasteiger partial charge in [0.2, 0.25) is 0 Å². The van der Waals surface area contributed by atoms with Gasteiger partial charge in [0.1, 0.15) is 35.6 Å². The van der Waals surface area contributed by atoms with Gasteiger partial charge in [0, 0.05) is 22.7 Å². The maximum atomic E-state index is 14.9. The van der Waals surface area contributed by atoms with Crippen LogP contribution in [-0.2, 0) is 22.2 Å². The molecule has 0 amide bonds. The third-order valence-electron chi connectivity index (χ3n) is 6.54. The van der Waals surface area contributed by atoms with E-state index in [0.29, 0.717) is 28.4 Å². The second kappa shape index (κ2) is 10.1. The third-order valence-corrected chi connectivity index (χ3v) is 7.94. The summed E-state index contributed by atoms with van der Waals surface area (Å²) in [5.74, 6) is -1.17. The van der Waals surface area contributed by atoms with E-state index in [-0.39, 0.29) is 17.0 Å². The second-order valence-electron chi connectivity index (χ2n) is 8.96. The molecule has 5 aromatic rings. The van der Waals surface area contributed by atoms with Gasteiger partial charge in [0.15, 0.2) is 0 Å². The number of anilines is 1. The molecule has 39 heavy (non-hydrogen) atoms. The molecule has 0 aliphatic carbocycles. The van der Waals surface area contributed by atoms with Crippen LogP contribution in [-0.4, -0.2) is 45.2 Å². The highest BCUT2D eigenvalue weighted by Crippen LogP contribution is 2.38. The summed E-state index contributed by atoms with van der Waals surface area (Å²) in [5, 5.41) is 20.9. The molecule has 2 N–H and O–H groups in total. The first-order valence-electron chi connectivity index (χ1n) is 11.8. The van der Waals surface area contributed by atoms with Crippen molar-refractivity contribution in [2.75, 3.05) is 11.8 Å². The minimum absolute atomic E-state index is 0.0622. The molecule has 13 heteroatoms. The van der Waals surface area contributed by atoms with E-state index < -0.39 is 33.3 Å². The average molecular weight is 555 g/mol. The number of hydrogen-bond acceptors (Lipinski definition) is 7. The van der Waals surface area contributed by atoms with Crippen molar-refractivity contribution in [1.82, 2.24) is 24.5 Å². The Kier molecular flexibility index (Phi) is 6.78. The molecule has 0 spiro atoms. The molecule has 0 radical (unpaired) electrons. The van der Waals surface area contributed by atoms with Gasteiger partial charge < -0.3 is 9.84 Å². The standard InChI is InChI=1S/C26H24F2N6O4S/c1-17(26(35,14-33-16-29-15-31-33)23-9-3-19(27)12-24(23)28)34-25-10-4-20(11-18(25)13-30-34)32-39(36,37)22-7-5-21(38-2)6-8-22/h3-13,15-17,32,35H,14H2,1-2H3. The van der Waals surface area contributed by atoms with Crippen LogP contribution in [0.3, 0.4) is 0 Å². The number of ether oxygens (including phenoxy) is 1. The SMILES string of the molecule is COc1ccc(S(=O)(=O)Nc2ccc3c(cnn3C(C)C(O)(Cn3cncn3)c3ccc(F)cc3F)c2)cc1. The van der Waals surface area contributed by atoms with Crippen LogP contribution in [0.1, 0.15) is 18.5 Å². The smallest absolute Gasteiger partial charge is 0.261 e. The topological polar surface area (TPSA) is 124 Å². The van der Waals surface area contributed by atoms with Crippen LogP contribution >= 0.6 is 0 Å². The molecule has 0 fully saturated rings. The Morgan fingerprint density at radius 2 is 1.85 bits per heavy atom. The Morgan fingerprint density at radius 3 is 2.51 bits per heavy atom. The average Bonchev–Trinajstić information content (AvgIpc) is 3.57. The Hall–Kier alpha value is -4.36. The lowest BCUT2D eigenvalue weighted by atomic mass is 9.86. The van der Waals surface area contributed by atoms with Crippen LogP contribution in [0.15, 0.2) is 84.4 Å². The molecule has 0 bridgehead atoms. The molecule has 5 rings (SSSR count). The van der Waals surface area contributed by atoms with Crippen LogP contribution < -0.4 is 9.46 Å². The van der Waals surface area contributed by atoms with E-state index >= 15 is 0 Å². The first-order valence-corrected chi connectivity index (χ1v) is 13.2. The predicted octanol–water partition coefficient (Wildman–Crippen LogP) is 3.86. The number of aliphatic hydroxyl groups is 1. The van der Waals surface area contributed by atoms with Crippen molar-refractivity contribution < 1.29 is 27.0 Å². The van der Waals surface area contributed by atoms with Gasteiger partial charge in [-0.05, 0) is 55.5 Å². The first-order chi connectivity index (χ1) is 18.6. The molecule has 0 saturated heterocycles. The fourth-order valence-corrected chi connectivity index (χ4v) is 5.49. The van der Waals surface area contributed by atoms with Crippen molar-refractivity contribution in [2.24, 2.45) is 0 Å². The van der Waals surface area contributed by atoms with E-state index in [0.717, 1.165) is 6.07 Å². The van der Waals surface area contributed by atoms with E-state index in [1.165, 1.54) is 53.5 Å². The van der Waals surface area contributed by atoms with Gasteiger partial charge in [-0.25, -0.2) is 26.9 Å². The summed E-state index contributed by atoms with van der Waals surface area (Å²) >= 11 is 0. The minimum Gasteiger partial charge on any atom is -0.497 e. The van der Waals surface area contributed by atoms with E-state index in [2.05, 4.69) is 19.9 Å². The number of sulfonamides is 1. The number of nitrogens with one attached hydrogen (secondary N) is 1. The lowest BCUT2D eigenvalue weighted by Gasteiger charge is -2.35. The summed E-state index contributed by atoms with van der Waals surface area (Å²) in [6.07, 6.45) is 4.17. The van der Waals surface area contributed by atoms with E-state index in [1.54, 1.807) is 37.3 Å². The molecule has 0 aliphatic rings. The fourth-order valence-electron chi connectivity index (χ4n) is 4.44. The van der Waals surface area contributed by atoms with Crippen LogP contribution in [0.2, 0.25) is 0 Å². The number of nitrogens with zero attached hydrogens (tertiary/aromatic N) is 5. The summed E-state index contributed by atoms with van der Waals surface area (Å²) in [7, 11) is -2.38. The number of hydrogen-bond donors (Lipinski definition) is 2. The lowest BCUT2D eigenvalue weighted by molar-refractivity contribution is -0.0354. The first kappa shape index (κ1) is 26.3. The molecule has 2 aromatic heterocycles. The summed E-state index contributed by atoms with van der Waals surface area (Å²) in [5.41, 5.74) is -1.21. The van der Waals surface area contributed by atoms with Gasteiger partial charge >= 0.3 is 0 Å². The van der Waals surface area contributed by atoms with Crippen molar-refractivity contribution in [2.45, 2.75) is 30.0 Å². The Balaban J connectivity index is 1.49. The van der Waals surface area contributed by atoms with E-state index in [4.69, 9.17) is 4.74 Å². The number of methoxy groups -OCH3 is 1. The Morgan fingerprint density at radius 1 is 1.08 bits per heavy atom. The lowest BCUT2D eigenvalue weighted by Crippen LogP contribution is -2.41. The highest BCUT2D eigenvalue weighted by molar-refractivity contribution is 7.92. The summed E-state index contributed by atoms with van der Waals surface area (Å²) in [6.45, 7) is 1.45.